The van der Waals surface area contributed by atoms with E-state index in [-0.39, 0.29) is 5.91 Å². The van der Waals surface area contributed by atoms with E-state index >= 15 is 0 Å². The van der Waals surface area contributed by atoms with Crippen molar-refractivity contribution in [3.8, 4) is 22.4 Å². The normalized spacial score (nSPS) is 13.5. The summed E-state index contributed by atoms with van der Waals surface area (Å²) in [5, 5.41) is 3.02. The van der Waals surface area contributed by atoms with Gasteiger partial charge in [0.25, 0.3) is 5.91 Å². The zero-order valence-electron chi connectivity index (χ0n) is 13.3. The van der Waals surface area contributed by atoms with Crippen molar-refractivity contribution >= 4 is 5.91 Å². The molecule has 0 saturated heterocycles. The molecule has 4 rings (SSSR count). The van der Waals surface area contributed by atoms with Crippen LogP contribution in [-0.2, 0) is 0 Å². The largest absolute Gasteiger partial charge is 0.349 e. The molecule has 3 heteroatoms. The molecule has 0 unspecified atom stereocenters. The Hall–Kier alpha value is -2.94. The van der Waals surface area contributed by atoms with Crippen LogP contribution in [0.2, 0.25) is 0 Å². The molecule has 1 aliphatic rings. The van der Waals surface area contributed by atoms with E-state index in [1.165, 1.54) is 0 Å². The molecule has 118 valence electrons. The maximum absolute atomic E-state index is 12.1. The Kier molecular flexibility index (Phi) is 3.83. The zero-order chi connectivity index (χ0) is 16.4. The first kappa shape index (κ1) is 14.6. The molecule has 0 bridgehead atoms. The van der Waals surface area contributed by atoms with Gasteiger partial charge in [0.2, 0.25) is 0 Å². The third kappa shape index (κ3) is 3.06. The SMILES string of the molecule is O=C(NC1CC1)c1ccc(-c2cccnc2-c2ccccc2)cc1. The van der Waals surface area contributed by atoms with Crippen LogP contribution >= 0.6 is 0 Å². The fourth-order valence-electron chi connectivity index (χ4n) is 2.76. The molecular formula is C21H18N2O. The molecule has 3 nitrogen and oxygen atoms in total. The summed E-state index contributed by atoms with van der Waals surface area (Å²) in [6.07, 6.45) is 4.00. The Morgan fingerprint density at radius 3 is 2.33 bits per heavy atom. The van der Waals surface area contributed by atoms with Crippen LogP contribution in [0.1, 0.15) is 23.2 Å². The molecule has 2 aromatic carbocycles. The van der Waals surface area contributed by atoms with Crippen LogP contribution in [0.25, 0.3) is 22.4 Å². The predicted molar refractivity (Wildman–Crippen MR) is 95.6 cm³/mol. The minimum Gasteiger partial charge on any atom is -0.349 e. The Balaban J connectivity index is 1.65. The number of pyridine rings is 1. The molecule has 3 aromatic rings. The van der Waals surface area contributed by atoms with Gasteiger partial charge in [-0.3, -0.25) is 9.78 Å². The Labute approximate surface area is 141 Å². The van der Waals surface area contributed by atoms with Gasteiger partial charge in [-0.1, -0.05) is 48.5 Å². The highest BCUT2D eigenvalue weighted by Gasteiger charge is 2.23. The molecule has 1 aliphatic carbocycles. The molecule has 1 aromatic heterocycles. The van der Waals surface area contributed by atoms with Gasteiger partial charge >= 0.3 is 0 Å². The number of hydrogen-bond acceptors (Lipinski definition) is 2. The number of nitrogens with zero attached hydrogens (tertiary/aromatic N) is 1. The molecule has 1 saturated carbocycles. The lowest BCUT2D eigenvalue weighted by Crippen LogP contribution is -2.25. The highest BCUT2D eigenvalue weighted by Crippen LogP contribution is 2.30. The van der Waals surface area contributed by atoms with E-state index in [0.29, 0.717) is 11.6 Å². The average molecular weight is 314 g/mol. The zero-order valence-corrected chi connectivity index (χ0v) is 13.3. The summed E-state index contributed by atoms with van der Waals surface area (Å²) in [4.78, 5) is 16.7. The van der Waals surface area contributed by atoms with Crippen LogP contribution in [0.4, 0.5) is 0 Å². The second kappa shape index (κ2) is 6.28. The summed E-state index contributed by atoms with van der Waals surface area (Å²) in [7, 11) is 0. The van der Waals surface area contributed by atoms with E-state index in [1.807, 2.05) is 54.7 Å². The van der Waals surface area contributed by atoms with Crippen molar-refractivity contribution in [2.24, 2.45) is 0 Å². The second-order valence-electron chi connectivity index (χ2n) is 6.09. The van der Waals surface area contributed by atoms with Crippen molar-refractivity contribution in [2.75, 3.05) is 0 Å². The quantitative estimate of drug-likeness (QED) is 0.780. The number of amides is 1. The molecule has 0 spiro atoms. The predicted octanol–water partition coefficient (Wildman–Crippen LogP) is 4.31. The van der Waals surface area contributed by atoms with Gasteiger partial charge in [0.05, 0.1) is 5.69 Å². The molecular weight excluding hydrogens is 296 g/mol. The topological polar surface area (TPSA) is 42.0 Å². The van der Waals surface area contributed by atoms with Gasteiger partial charge in [0.1, 0.15) is 0 Å². The van der Waals surface area contributed by atoms with Gasteiger partial charge in [-0.05, 0) is 36.6 Å². The van der Waals surface area contributed by atoms with Gasteiger partial charge < -0.3 is 5.32 Å². The fourth-order valence-corrected chi connectivity index (χ4v) is 2.76. The second-order valence-corrected chi connectivity index (χ2v) is 6.09. The van der Waals surface area contributed by atoms with Gasteiger partial charge in [-0.2, -0.15) is 0 Å². The number of aromatic nitrogens is 1. The first-order valence-electron chi connectivity index (χ1n) is 8.23. The number of carbonyl (C=O) groups excluding carboxylic acids is 1. The third-order valence-electron chi connectivity index (χ3n) is 4.23. The number of rotatable bonds is 4. The summed E-state index contributed by atoms with van der Waals surface area (Å²) in [6.45, 7) is 0. The van der Waals surface area contributed by atoms with Crippen molar-refractivity contribution in [1.29, 1.82) is 0 Å². The monoisotopic (exact) mass is 314 g/mol. The van der Waals surface area contributed by atoms with E-state index in [2.05, 4.69) is 28.5 Å². The molecule has 0 atom stereocenters. The smallest absolute Gasteiger partial charge is 0.251 e. The number of nitrogens with one attached hydrogen (secondary N) is 1. The van der Waals surface area contributed by atoms with E-state index in [0.717, 1.165) is 35.2 Å². The lowest BCUT2D eigenvalue weighted by Gasteiger charge is -2.10. The lowest BCUT2D eigenvalue weighted by molar-refractivity contribution is 0.0951. The van der Waals surface area contributed by atoms with Crippen molar-refractivity contribution in [1.82, 2.24) is 10.3 Å². The fraction of sp³-hybridized carbons (Fsp3) is 0.143. The van der Waals surface area contributed by atoms with Gasteiger partial charge in [0.15, 0.2) is 0 Å². The lowest BCUT2D eigenvalue weighted by atomic mass is 9.98. The van der Waals surface area contributed by atoms with Crippen LogP contribution < -0.4 is 5.32 Å². The van der Waals surface area contributed by atoms with Gasteiger partial charge in [0, 0.05) is 28.9 Å². The molecule has 1 fully saturated rings. The number of benzene rings is 2. The summed E-state index contributed by atoms with van der Waals surface area (Å²) < 4.78 is 0. The van der Waals surface area contributed by atoms with Crippen LogP contribution in [0.3, 0.4) is 0 Å². The van der Waals surface area contributed by atoms with E-state index in [9.17, 15) is 4.79 Å². The maximum Gasteiger partial charge on any atom is 0.251 e. The van der Waals surface area contributed by atoms with Crippen molar-refractivity contribution in [2.45, 2.75) is 18.9 Å². The summed E-state index contributed by atoms with van der Waals surface area (Å²) in [5.74, 6) is 0.0125. The molecule has 0 radical (unpaired) electrons. The minimum atomic E-state index is 0.0125. The van der Waals surface area contributed by atoms with Crippen LogP contribution in [-0.4, -0.2) is 16.9 Å². The third-order valence-corrected chi connectivity index (χ3v) is 4.23. The van der Waals surface area contributed by atoms with Crippen molar-refractivity contribution < 1.29 is 4.79 Å². The highest BCUT2D eigenvalue weighted by atomic mass is 16.1. The summed E-state index contributed by atoms with van der Waals surface area (Å²) in [5.41, 5.74) is 4.87. The highest BCUT2D eigenvalue weighted by molar-refractivity contribution is 5.95. The molecule has 1 amide bonds. The van der Waals surface area contributed by atoms with Gasteiger partial charge in [-0.15, -0.1) is 0 Å². The molecule has 1 N–H and O–H groups in total. The summed E-state index contributed by atoms with van der Waals surface area (Å²) >= 11 is 0. The maximum atomic E-state index is 12.1. The van der Waals surface area contributed by atoms with Crippen molar-refractivity contribution in [3.05, 3.63) is 78.5 Å². The standard InChI is InChI=1S/C21H18N2O/c24-21(23-18-12-13-18)17-10-8-15(9-11-17)19-7-4-14-22-20(19)16-5-2-1-3-6-16/h1-11,14,18H,12-13H2,(H,23,24). The molecule has 0 aliphatic heterocycles. The van der Waals surface area contributed by atoms with Crippen molar-refractivity contribution in [3.63, 3.8) is 0 Å². The number of carbonyl (C=O) groups is 1. The number of hydrogen-bond donors (Lipinski definition) is 1. The molecule has 24 heavy (non-hydrogen) atoms. The Bertz CT molecular complexity index is 853. The van der Waals surface area contributed by atoms with Crippen LogP contribution in [0.15, 0.2) is 72.9 Å². The Morgan fingerprint density at radius 2 is 1.62 bits per heavy atom. The first-order valence-corrected chi connectivity index (χ1v) is 8.23. The summed E-state index contributed by atoms with van der Waals surface area (Å²) in [6, 6.07) is 22.3. The first-order chi connectivity index (χ1) is 11.8. The van der Waals surface area contributed by atoms with E-state index in [4.69, 9.17) is 0 Å². The van der Waals surface area contributed by atoms with Crippen LogP contribution in [0.5, 0.6) is 0 Å². The van der Waals surface area contributed by atoms with E-state index < -0.39 is 0 Å². The molecule has 1 heterocycles. The minimum absolute atomic E-state index is 0.0125. The average Bonchev–Trinajstić information content (AvgIpc) is 3.46. The van der Waals surface area contributed by atoms with E-state index in [1.54, 1.807) is 0 Å². The Morgan fingerprint density at radius 1 is 0.875 bits per heavy atom. The van der Waals surface area contributed by atoms with Crippen LogP contribution in [0, 0.1) is 0 Å². The van der Waals surface area contributed by atoms with Gasteiger partial charge in [-0.25, -0.2) is 0 Å².